The van der Waals surface area contributed by atoms with E-state index >= 15 is 0 Å². The molecule has 29 heavy (non-hydrogen) atoms. The highest BCUT2D eigenvalue weighted by Gasteiger charge is 2.35. The van der Waals surface area contributed by atoms with Crippen LogP contribution in [-0.4, -0.2) is 33.2 Å². The van der Waals surface area contributed by atoms with Crippen LogP contribution in [0.4, 0.5) is 19.0 Å². The maximum Gasteiger partial charge on any atom is 0.434 e. The number of alkyl halides is 3. The summed E-state index contributed by atoms with van der Waals surface area (Å²) in [7, 11) is 0. The van der Waals surface area contributed by atoms with Gasteiger partial charge in [-0.15, -0.1) is 11.3 Å². The van der Waals surface area contributed by atoms with E-state index in [1.807, 2.05) is 19.9 Å². The Morgan fingerprint density at radius 2 is 2.10 bits per heavy atom. The maximum absolute atomic E-state index is 12.9. The Hall–Kier alpha value is -2.49. The zero-order valence-electron chi connectivity index (χ0n) is 16.0. The average molecular weight is 423 g/mol. The first-order valence-corrected chi connectivity index (χ1v) is 10.3. The van der Waals surface area contributed by atoms with Crippen molar-refractivity contribution in [1.82, 2.24) is 20.1 Å². The molecule has 1 aliphatic rings. The molecular weight excluding hydrogens is 403 g/mol. The molecular formula is C19H20F3N5OS. The van der Waals surface area contributed by atoms with E-state index in [1.165, 1.54) is 0 Å². The van der Waals surface area contributed by atoms with E-state index < -0.39 is 11.9 Å². The quantitative estimate of drug-likeness (QED) is 0.581. The fourth-order valence-corrected chi connectivity index (χ4v) is 4.26. The fraction of sp³-hybridized carbons (Fsp3) is 0.474. The third-order valence-corrected chi connectivity index (χ3v) is 5.86. The molecule has 0 amide bonds. The number of rotatable bonds is 4. The van der Waals surface area contributed by atoms with E-state index in [1.54, 1.807) is 12.3 Å². The molecule has 0 aliphatic carbocycles. The van der Waals surface area contributed by atoms with Crippen molar-refractivity contribution in [3.63, 3.8) is 0 Å². The summed E-state index contributed by atoms with van der Waals surface area (Å²) in [5, 5.41) is 5.61. The second-order valence-corrected chi connectivity index (χ2v) is 8.26. The molecule has 0 bridgehead atoms. The van der Waals surface area contributed by atoms with Gasteiger partial charge < -0.3 is 9.42 Å². The van der Waals surface area contributed by atoms with Crippen LogP contribution in [0.15, 0.2) is 28.2 Å². The van der Waals surface area contributed by atoms with Gasteiger partial charge in [-0.3, -0.25) is 0 Å². The van der Waals surface area contributed by atoms with Gasteiger partial charge in [-0.2, -0.15) is 18.2 Å². The molecule has 4 rings (SSSR count). The first-order chi connectivity index (χ1) is 13.8. The lowest BCUT2D eigenvalue weighted by Gasteiger charge is -2.32. The van der Waals surface area contributed by atoms with Gasteiger partial charge in [0.2, 0.25) is 0 Å². The van der Waals surface area contributed by atoms with E-state index in [0.29, 0.717) is 23.3 Å². The van der Waals surface area contributed by atoms with Crippen LogP contribution in [0.5, 0.6) is 0 Å². The van der Waals surface area contributed by atoms with Crippen molar-refractivity contribution in [2.45, 2.75) is 44.7 Å². The molecule has 1 saturated heterocycles. The third-order valence-electron chi connectivity index (χ3n) is 4.86. The van der Waals surface area contributed by atoms with Crippen molar-refractivity contribution < 1.29 is 17.7 Å². The number of nitrogens with zero attached hydrogens (tertiary/aromatic N) is 5. The predicted molar refractivity (Wildman–Crippen MR) is 103 cm³/mol. The number of halogens is 3. The number of pyridine rings is 1. The summed E-state index contributed by atoms with van der Waals surface area (Å²) in [6.07, 6.45) is -1.06. The molecule has 1 aliphatic heterocycles. The van der Waals surface area contributed by atoms with Crippen LogP contribution in [0.3, 0.4) is 0 Å². The minimum Gasteiger partial charge on any atom is -0.356 e. The van der Waals surface area contributed by atoms with Crippen molar-refractivity contribution in [3.05, 3.63) is 40.2 Å². The van der Waals surface area contributed by atoms with E-state index in [0.717, 1.165) is 47.5 Å². The monoisotopic (exact) mass is 423 g/mol. The molecule has 0 aromatic carbocycles. The number of aromatic nitrogens is 4. The van der Waals surface area contributed by atoms with Gasteiger partial charge in [0, 0.05) is 42.1 Å². The Morgan fingerprint density at radius 3 is 2.79 bits per heavy atom. The Balaban J connectivity index is 1.53. The number of thiazole rings is 1. The molecule has 154 valence electrons. The number of hydrogen-bond donors (Lipinski definition) is 0. The standard InChI is InChI=1S/C19H20F3N5OS/c1-11(2)16-25-17(28-26-16)12-5-6-23-15(8-12)27-7-3-4-13(9-27)18-24-14(10-29-18)19(20,21)22/h5-6,8,10-11,13H,3-4,7,9H2,1-2H3. The Morgan fingerprint density at radius 1 is 1.28 bits per heavy atom. The molecule has 0 saturated carbocycles. The molecule has 10 heteroatoms. The third kappa shape index (κ3) is 4.26. The molecule has 3 aromatic rings. The smallest absolute Gasteiger partial charge is 0.356 e. The van der Waals surface area contributed by atoms with E-state index in [2.05, 4.69) is 25.0 Å². The van der Waals surface area contributed by atoms with Gasteiger partial charge in [-0.1, -0.05) is 19.0 Å². The highest BCUT2D eigenvalue weighted by Crippen LogP contribution is 2.36. The van der Waals surface area contributed by atoms with Crippen LogP contribution in [0.1, 0.15) is 55.1 Å². The summed E-state index contributed by atoms with van der Waals surface area (Å²) in [6, 6.07) is 3.68. The molecule has 0 radical (unpaired) electrons. The lowest BCUT2D eigenvalue weighted by Crippen LogP contribution is -2.34. The normalized spacial score (nSPS) is 17.9. The van der Waals surface area contributed by atoms with E-state index in [-0.39, 0.29) is 11.8 Å². The number of hydrogen-bond acceptors (Lipinski definition) is 7. The van der Waals surface area contributed by atoms with Gasteiger partial charge in [-0.25, -0.2) is 9.97 Å². The summed E-state index contributed by atoms with van der Waals surface area (Å²) in [4.78, 5) is 14.8. The lowest BCUT2D eigenvalue weighted by molar-refractivity contribution is -0.140. The minimum absolute atomic E-state index is 0.0498. The Labute approximate surface area is 169 Å². The second kappa shape index (κ2) is 7.74. The summed E-state index contributed by atoms with van der Waals surface area (Å²) >= 11 is 1.07. The topological polar surface area (TPSA) is 67.9 Å². The van der Waals surface area contributed by atoms with E-state index in [9.17, 15) is 13.2 Å². The van der Waals surface area contributed by atoms with Crippen molar-refractivity contribution in [3.8, 4) is 11.5 Å². The van der Waals surface area contributed by atoms with Gasteiger partial charge in [0.1, 0.15) is 5.82 Å². The highest BCUT2D eigenvalue weighted by atomic mass is 32.1. The molecule has 4 heterocycles. The highest BCUT2D eigenvalue weighted by molar-refractivity contribution is 7.09. The van der Waals surface area contributed by atoms with Crippen LogP contribution in [0.2, 0.25) is 0 Å². The molecule has 0 N–H and O–H groups in total. The van der Waals surface area contributed by atoms with Crippen LogP contribution in [-0.2, 0) is 6.18 Å². The van der Waals surface area contributed by atoms with Crippen LogP contribution in [0, 0.1) is 0 Å². The Bertz CT molecular complexity index is 984. The first kappa shape index (κ1) is 19.8. The van der Waals surface area contributed by atoms with Gasteiger partial charge in [0.15, 0.2) is 11.5 Å². The minimum atomic E-state index is -4.40. The first-order valence-electron chi connectivity index (χ1n) is 9.39. The largest absolute Gasteiger partial charge is 0.434 e. The maximum atomic E-state index is 12.9. The second-order valence-electron chi connectivity index (χ2n) is 7.37. The number of piperidine rings is 1. The van der Waals surface area contributed by atoms with E-state index in [4.69, 9.17) is 4.52 Å². The predicted octanol–water partition coefficient (Wildman–Crippen LogP) is 5.11. The van der Waals surface area contributed by atoms with Crippen molar-refractivity contribution in [1.29, 1.82) is 0 Å². The molecule has 3 aromatic heterocycles. The lowest BCUT2D eigenvalue weighted by atomic mass is 9.98. The van der Waals surface area contributed by atoms with Gasteiger partial charge in [0.25, 0.3) is 5.89 Å². The van der Waals surface area contributed by atoms with Crippen molar-refractivity contribution in [2.24, 2.45) is 0 Å². The number of anilines is 1. The van der Waals surface area contributed by atoms with Crippen LogP contribution < -0.4 is 4.90 Å². The SMILES string of the molecule is CC(C)c1noc(-c2ccnc(N3CCCC(c4nc(C(F)(F)F)cs4)C3)c2)n1. The van der Waals surface area contributed by atoms with Gasteiger partial charge in [0.05, 0.1) is 5.01 Å². The summed E-state index contributed by atoms with van der Waals surface area (Å²) < 4.78 is 44.0. The summed E-state index contributed by atoms with van der Waals surface area (Å²) in [6.45, 7) is 5.33. The summed E-state index contributed by atoms with van der Waals surface area (Å²) in [5.41, 5.74) is -0.0442. The molecule has 0 spiro atoms. The van der Waals surface area contributed by atoms with Gasteiger partial charge in [-0.05, 0) is 25.0 Å². The zero-order valence-corrected chi connectivity index (χ0v) is 16.8. The zero-order chi connectivity index (χ0) is 20.6. The van der Waals surface area contributed by atoms with Crippen molar-refractivity contribution >= 4 is 17.2 Å². The average Bonchev–Trinajstić information content (AvgIpc) is 3.38. The van der Waals surface area contributed by atoms with Crippen molar-refractivity contribution in [2.75, 3.05) is 18.0 Å². The van der Waals surface area contributed by atoms with Gasteiger partial charge >= 0.3 is 6.18 Å². The molecule has 1 unspecified atom stereocenters. The summed E-state index contributed by atoms with van der Waals surface area (Å²) in [5.74, 6) is 1.92. The molecule has 1 atom stereocenters. The fourth-order valence-electron chi connectivity index (χ4n) is 3.30. The molecule has 1 fully saturated rings. The van der Waals surface area contributed by atoms with Crippen LogP contribution in [0.25, 0.3) is 11.5 Å². The Kier molecular flexibility index (Phi) is 5.28. The van der Waals surface area contributed by atoms with Crippen LogP contribution >= 0.6 is 11.3 Å². The molecule has 6 nitrogen and oxygen atoms in total.